The van der Waals surface area contributed by atoms with Crippen molar-refractivity contribution in [1.82, 2.24) is 20.6 Å². The smallest absolute Gasteiger partial charge is 0.349 e. The first-order valence-electron chi connectivity index (χ1n) is 18.6. The van der Waals surface area contributed by atoms with Crippen molar-refractivity contribution in [3.05, 3.63) is 83.2 Å². The summed E-state index contributed by atoms with van der Waals surface area (Å²) in [6.07, 6.45) is 0.610. The lowest BCUT2D eigenvalue weighted by Crippen LogP contribution is -2.48. The predicted molar refractivity (Wildman–Crippen MR) is 206 cm³/mol. The van der Waals surface area contributed by atoms with Crippen molar-refractivity contribution < 1.29 is 36.3 Å². The van der Waals surface area contributed by atoms with Gasteiger partial charge in [-0.25, -0.2) is 4.98 Å². The Morgan fingerprint density at radius 2 is 1.57 bits per heavy atom. The molecule has 3 aromatic carbocycles. The van der Waals surface area contributed by atoms with E-state index >= 15 is 0 Å². The summed E-state index contributed by atoms with van der Waals surface area (Å²) < 4.78 is 66.8. The molecule has 2 aliphatic carbocycles. The summed E-state index contributed by atoms with van der Waals surface area (Å²) in [6.45, 7) is 2.47. The number of rotatable bonds is 11. The number of alkyl halides is 5. The topological polar surface area (TPSA) is 168 Å². The zero-order valence-electron chi connectivity index (χ0n) is 30.9. The number of nitrogens with one attached hydrogen (secondary N) is 4. The third kappa shape index (κ3) is 9.85. The molecule has 0 saturated heterocycles. The second-order valence-corrected chi connectivity index (χ2v) is 14.9. The number of hydrogen-bond acceptors (Lipinski definition) is 6. The van der Waals surface area contributed by atoms with Gasteiger partial charge in [0.25, 0.3) is 5.91 Å². The Morgan fingerprint density at radius 3 is 2.20 bits per heavy atom. The van der Waals surface area contributed by atoms with E-state index < -0.39 is 29.9 Å². The van der Waals surface area contributed by atoms with Crippen LogP contribution < -0.4 is 27.4 Å². The van der Waals surface area contributed by atoms with Gasteiger partial charge >= 0.3 is 12.1 Å². The van der Waals surface area contributed by atoms with Gasteiger partial charge in [-0.1, -0.05) is 30.3 Å². The second-order valence-electron chi connectivity index (χ2n) is 14.9. The van der Waals surface area contributed by atoms with E-state index in [9.17, 15) is 36.3 Å². The van der Waals surface area contributed by atoms with E-state index in [1.165, 1.54) is 18.2 Å². The van der Waals surface area contributed by atoms with Gasteiger partial charge in [0.1, 0.15) is 6.04 Å². The third-order valence-corrected chi connectivity index (χ3v) is 10.9. The second kappa shape index (κ2) is 17.7. The van der Waals surface area contributed by atoms with Gasteiger partial charge in [-0.2, -0.15) is 22.0 Å². The van der Waals surface area contributed by atoms with E-state index in [-0.39, 0.29) is 65.4 Å². The maximum Gasteiger partial charge on any atom is 0.461 e. The van der Waals surface area contributed by atoms with Gasteiger partial charge in [-0.3, -0.25) is 14.4 Å². The molecule has 1 aromatic heterocycles. The van der Waals surface area contributed by atoms with Crippen LogP contribution in [-0.2, 0) is 21.9 Å². The van der Waals surface area contributed by atoms with E-state index in [4.69, 9.17) is 11.5 Å². The first-order chi connectivity index (χ1) is 26.1. The summed E-state index contributed by atoms with van der Waals surface area (Å²) >= 11 is 0. The standard InChI is InChI=1S/C40H46F5N7O3.ClH/c1-22-18-27(36(54)48-29-13-11-28(47)12-14-29)10-16-31(22)25-6-2-23(3-7-25)19-34(50-35(53)26-8-4-24(21-46)5-9-26)37(55)49-30-15-17-32-33(20-30)52-38(51-32)39(41,42)40(43,44)45;/h2-3,6-7,10,15-18,20,24,26,28-29,34H,4-5,8-9,11-14,19,21,46-47H2,1H3,(H,48,54)(H,49,55)(H,50,53)(H,51,52);1H/t24?,26?,28?,29?,34-;/m0./s1. The van der Waals surface area contributed by atoms with Crippen LogP contribution >= 0.6 is 12.4 Å². The average Bonchev–Trinajstić information content (AvgIpc) is 3.60. The van der Waals surface area contributed by atoms with Crippen LogP contribution in [0.1, 0.15) is 78.7 Å². The average molecular weight is 804 g/mol. The first-order valence-corrected chi connectivity index (χ1v) is 18.6. The number of fused-ring (bicyclic) bond motifs is 1. The number of benzene rings is 3. The molecule has 2 aliphatic rings. The van der Waals surface area contributed by atoms with Gasteiger partial charge in [0, 0.05) is 35.7 Å². The molecule has 0 aliphatic heterocycles. The number of aromatic amines is 1. The number of carbonyl (C=O) groups is 3. The molecule has 0 spiro atoms. The van der Waals surface area contributed by atoms with Crippen molar-refractivity contribution in [2.24, 2.45) is 23.3 Å². The van der Waals surface area contributed by atoms with Gasteiger partial charge < -0.3 is 32.4 Å². The zero-order chi connectivity index (χ0) is 39.5. The lowest BCUT2D eigenvalue weighted by atomic mass is 9.81. The molecule has 0 unspecified atom stereocenters. The van der Waals surface area contributed by atoms with Crippen LogP contribution in [0, 0.1) is 18.8 Å². The summed E-state index contributed by atoms with van der Waals surface area (Å²) in [7, 11) is 0. The number of hydrogen-bond donors (Lipinski definition) is 6. The monoisotopic (exact) mass is 803 g/mol. The number of nitrogens with zero attached hydrogens (tertiary/aromatic N) is 1. The van der Waals surface area contributed by atoms with Crippen molar-refractivity contribution in [2.45, 2.75) is 94.9 Å². The predicted octanol–water partition coefficient (Wildman–Crippen LogP) is 7.05. The highest BCUT2D eigenvalue weighted by atomic mass is 35.5. The highest BCUT2D eigenvalue weighted by Crippen LogP contribution is 2.43. The first kappa shape index (κ1) is 42.5. The molecule has 16 heteroatoms. The number of carbonyl (C=O) groups excluding carboxylic acids is 3. The number of aromatic nitrogens is 2. The van der Waals surface area contributed by atoms with Gasteiger partial charge in [-0.05, 0) is 123 Å². The minimum absolute atomic E-state index is 0. The van der Waals surface area contributed by atoms with Crippen molar-refractivity contribution in [3.8, 4) is 11.1 Å². The molecule has 1 heterocycles. The number of anilines is 1. The molecule has 2 saturated carbocycles. The van der Waals surface area contributed by atoms with Crippen molar-refractivity contribution in [2.75, 3.05) is 11.9 Å². The van der Waals surface area contributed by atoms with E-state index in [0.717, 1.165) is 60.8 Å². The largest absolute Gasteiger partial charge is 0.461 e. The summed E-state index contributed by atoms with van der Waals surface area (Å²) in [4.78, 5) is 45.6. The van der Waals surface area contributed by atoms with Crippen molar-refractivity contribution >= 4 is 46.8 Å². The van der Waals surface area contributed by atoms with Crippen molar-refractivity contribution in [1.29, 1.82) is 0 Å². The summed E-state index contributed by atoms with van der Waals surface area (Å²) in [5.41, 5.74) is 15.7. The fourth-order valence-electron chi connectivity index (χ4n) is 7.48. The third-order valence-electron chi connectivity index (χ3n) is 10.9. The van der Waals surface area contributed by atoms with E-state index in [0.29, 0.717) is 30.9 Å². The number of amides is 3. The molecule has 10 nitrogen and oxygen atoms in total. The highest BCUT2D eigenvalue weighted by molar-refractivity contribution is 5.99. The number of H-pyrrole nitrogens is 1. The van der Waals surface area contributed by atoms with Crippen LogP contribution in [0.5, 0.6) is 0 Å². The van der Waals surface area contributed by atoms with E-state index in [1.807, 2.05) is 48.3 Å². The maximum absolute atomic E-state index is 14.0. The maximum atomic E-state index is 14.0. The number of aryl methyl sites for hydroxylation is 1. The van der Waals surface area contributed by atoms with Crippen LogP contribution in [0.3, 0.4) is 0 Å². The van der Waals surface area contributed by atoms with E-state index in [1.54, 1.807) is 6.07 Å². The van der Waals surface area contributed by atoms with Gasteiger partial charge in [0.2, 0.25) is 11.8 Å². The quantitative estimate of drug-likeness (QED) is 0.0890. The van der Waals surface area contributed by atoms with E-state index in [2.05, 4.69) is 20.9 Å². The van der Waals surface area contributed by atoms with Crippen LogP contribution in [0.4, 0.5) is 27.6 Å². The number of nitrogens with two attached hydrogens (primary N) is 2. The Balaban J connectivity index is 0.00000600. The van der Waals surface area contributed by atoms with Crippen LogP contribution in [0.2, 0.25) is 0 Å². The number of imidazole rings is 1. The SMILES string of the molecule is Cc1cc(C(=O)NC2CCC(N)CC2)ccc1-c1ccc(C[C@H](NC(=O)C2CCC(CN)CC2)C(=O)Nc2ccc3nc(C(F)(F)C(F)(F)F)[nH]c3c2)cc1.Cl. The lowest BCUT2D eigenvalue weighted by Gasteiger charge is -2.28. The van der Waals surface area contributed by atoms with Gasteiger partial charge in [0.05, 0.1) is 11.0 Å². The fourth-order valence-corrected chi connectivity index (χ4v) is 7.48. The molecule has 0 radical (unpaired) electrons. The Hall–Kier alpha value is -4.60. The molecule has 2 fully saturated rings. The molecular formula is C40H47ClF5N7O3. The molecule has 6 rings (SSSR count). The molecule has 3 amide bonds. The fraction of sp³-hybridized carbons (Fsp3) is 0.450. The minimum atomic E-state index is -5.85. The molecule has 4 aromatic rings. The molecule has 56 heavy (non-hydrogen) atoms. The Morgan fingerprint density at radius 1 is 0.893 bits per heavy atom. The Kier molecular flexibility index (Phi) is 13.4. The molecule has 8 N–H and O–H groups in total. The molecule has 302 valence electrons. The normalized spacial score (nSPS) is 20.8. The Labute approximate surface area is 327 Å². The molecular weight excluding hydrogens is 757 g/mol. The van der Waals surface area contributed by atoms with Crippen molar-refractivity contribution in [3.63, 3.8) is 0 Å². The Bertz CT molecular complexity index is 2010. The van der Waals surface area contributed by atoms with Crippen LogP contribution in [0.25, 0.3) is 22.2 Å². The molecule has 1 atom stereocenters. The van der Waals surface area contributed by atoms with Gasteiger partial charge in [0.15, 0.2) is 5.82 Å². The number of halogens is 6. The summed E-state index contributed by atoms with van der Waals surface area (Å²) in [6, 6.07) is 16.0. The molecule has 0 bridgehead atoms. The minimum Gasteiger partial charge on any atom is -0.349 e. The summed E-state index contributed by atoms with van der Waals surface area (Å²) in [5, 5.41) is 8.70. The van der Waals surface area contributed by atoms with Crippen LogP contribution in [0.15, 0.2) is 60.7 Å². The highest BCUT2D eigenvalue weighted by Gasteiger charge is 2.61. The van der Waals surface area contributed by atoms with Gasteiger partial charge in [-0.15, -0.1) is 12.4 Å². The van der Waals surface area contributed by atoms with Crippen LogP contribution in [-0.4, -0.2) is 58.5 Å². The lowest BCUT2D eigenvalue weighted by molar-refractivity contribution is -0.292. The summed E-state index contributed by atoms with van der Waals surface area (Å²) in [5.74, 6) is -7.73. The zero-order valence-corrected chi connectivity index (χ0v) is 31.7.